The van der Waals surface area contributed by atoms with Crippen molar-refractivity contribution >= 4 is 0 Å². The van der Waals surface area contributed by atoms with Crippen molar-refractivity contribution in [3.05, 3.63) is 47.5 Å². The molecule has 1 nitrogen and oxygen atoms in total. The molecule has 0 atom stereocenters. The molecule has 0 bridgehead atoms. The van der Waals surface area contributed by atoms with Crippen LogP contribution in [0.3, 0.4) is 0 Å². The van der Waals surface area contributed by atoms with E-state index in [1.165, 1.54) is 16.7 Å². The molecular weight excluding hydrogens is 170 g/mol. The molecule has 1 N–H and O–H groups in total. The van der Waals surface area contributed by atoms with Crippen molar-refractivity contribution in [2.75, 3.05) is 6.54 Å². The van der Waals surface area contributed by atoms with Crippen LogP contribution in [0.4, 0.5) is 0 Å². The maximum atomic E-state index is 3.87. The molecule has 0 unspecified atom stereocenters. The zero-order valence-electron chi connectivity index (χ0n) is 9.14. The van der Waals surface area contributed by atoms with Crippen molar-refractivity contribution in [2.24, 2.45) is 0 Å². The second-order valence-corrected chi connectivity index (χ2v) is 3.87. The van der Waals surface area contributed by atoms with E-state index in [-0.39, 0.29) is 0 Å². The van der Waals surface area contributed by atoms with Crippen LogP contribution < -0.4 is 5.32 Å². The quantitative estimate of drug-likeness (QED) is 0.554. The fraction of sp³-hybridized carbons (Fsp3) is 0.385. The van der Waals surface area contributed by atoms with Gasteiger partial charge in [-0.1, -0.05) is 35.4 Å². The Kier molecular flexibility index (Phi) is 4.41. The van der Waals surface area contributed by atoms with E-state index >= 15 is 0 Å². The Morgan fingerprint density at radius 3 is 2.86 bits per heavy atom. The number of hydrogen-bond donors (Lipinski definition) is 1. The Balaban J connectivity index is 2.28. The summed E-state index contributed by atoms with van der Waals surface area (Å²) in [6.45, 7) is 10.0. The van der Waals surface area contributed by atoms with Gasteiger partial charge in [0.05, 0.1) is 0 Å². The summed E-state index contributed by atoms with van der Waals surface area (Å²) >= 11 is 0. The van der Waals surface area contributed by atoms with Gasteiger partial charge in [0.15, 0.2) is 0 Å². The molecule has 1 heteroatoms. The van der Waals surface area contributed by atoms with Crippen LogP contribution in [0.2, 0.25) is 0 Å². The van der Waals surface area contributed by atoms with Crippen molar-refractivity contribution in [2.45, 2.75) is 26.8 Å². The summed E-state index contributed by atoms with van der Waals surface area (Å²) < 4.78 is 0. The highest BCUT2D eigenvalue weighted by Gasteiger charge is 1.92. The largest absolute Gasteiger partial charge is 0.312 e. The third-order valence-corrected chi connectivity index (χ3v) is 2.14. The van der Waals surface area contributed by atoms with Crippen molar-refractivity contribution in [1.29, 1.82) is 0 Å². The van der Waals surface area contributed by atoms with Gasteiger partial charge in [-0.25, -0.2) is 0 Å². The number of rotatable bonds is 5. The van der Waals surface area contributed by atoms with E-state index in [4.69, 9.17) is 0 Å². The lowest BCUT2D eigenvalue weighted by Gasteiger charge is -2.05. The van der Waals surface area contributed by atoms with Crippen molar-refractivity contribution in [3.8, 4) is 0 Å². The lowest BCUT2D eigenvalue weighted by Crippen LogP contribution is -2.14. The van der Waals surface area contributed by atoms with Crippen LogP contribution in [0.5, 0.6) is 0 Å². The van der Waals surface area contributed by atoms with Crippen LogP contribution in [-0.4, -0.2) is 6.54 Å². The molecule has 1 aromatic carbocycles. The summed E-state index contributed by atoms with van der Waals surface area (Å²) in [6, 6.07) is 8.59. The number of aryl methyl sites for hydroxylation is 1. The van der Waals surface area contributed by atoms with E-state index in [2.05, 4.69) is 50.0 Å². The lowest BCUT2D eigenvalue weighted by molar-refractivity contribution is 0.684. The van der Waals surface area contributed by atoms with Gasteiger partial charge in [-0.3, -0.25) is 0 Å². The highest BCUT2D eigenvalue weighted by atomic mass is 14.8. The maximum Gasteiger partial charge on any atom is 0.0205 e. The van der Waals surface area contributed by atoms with Gasteiger partial charge in [-0.2, -0.15) is 0 Å². The summed E-state index contributed by atoms with van der Waals surface area (Å²) in [5.41, 5.74) is 3.91. The van der Waals surface area contributed by atoms with Crippen molar-refractivity contribution < 1.29 is 0 Å². The summed E-state index contributed by atoms with van der Waals surface area (Å²) in [5.74, 6) is 0. The van der Waals surface area contributed by atoms with E-state index in [1.54, 1.807) is 0 Å². The molecule has 0 fully saturated rings. The van der Waals surface area contributed by atoms with E-state index in [0.717, 1.165) is 19.5 Å². The molecule has 0 aliphatic heterocycles. The topological polar surface area (TPSA) is 12.0 Å². The monoisotopic (exact) mass is 189 g/mol. The summed E-state index contributed by atoms with van der Waals surface area (Å²) in [7, 11) is 0. The Morgan fingerprint density at radius 2 is 2.21 bits per heavy atom. The molecule has 0 aliphatic carbocycles. The first kappa shape index (κ1) is 11.0. The van der Waals surface area contributed by atoms with Crippen LogP contribution in [-0.2, 0) is 6.54 Å². The fourth-order valence-electron chi connectivity index (χ4n) is 1.36. The molecule has 14 heavy (non-hydrogen) atoms. The maximum absolute atomic E-state index is 3.87. The van der Waals surface area contributed by atoms with Crippen LogP contribution >= 0.6 is 0 Å². The van der Waals surface area contributed by atoms with Crippen LogP contribution in [0.15, 0.2) is 36.4 Å². The summed E-state index contributed by atoms with van der Waals surface area (Å²) in [5, 5.41) is 3.40. The zero-order chi connectivity index (χ0) is 10.4. The van der Waals surface area contributed by atoms with Crippen molar-refractivity contribution in [1.82, 2.24) is 5.32 Å². The first-order chi connectivity index (χ1) is 6.68. The molecule has 1 rings (SSSR count). The molecule has 0 amide bonds. The minimum atomic E-state index is 0.953. The smallest absolute Gasteiger partial charge is 0.0205 e. The minimum Gasteiger partial charge on any atom is -0.312 e. The molecule has 0 heterocycles. The second kappa shape index (κ2) is 5.61. The zero-order valence-corrected chi connectivity index (χ0v) is 9.14. The van der Waals surface area contributed by atoms with Gasteiger partial charge < -0.3 is 5.32 Å². The molecule has 0 aromatic heterocycles. The van der Waals surface area contributed by atoms with E-state index in [0.29, 0.717) is 0 Å². The SMILES string of the molecule is C=C(C)CCNCc1cccc(C)c1. The van der Waals surface area contributed by atoms with E-state index in [1.807, 2.05) is 0 Å². The Morgan fingerprint density at radius 1 is 1.43 bits per heavy atom. The van der Waals surface area contributed by atoms with Gasteiger partial charge in [0.25, 0.3) is 0 Å². The third kappa shape index (κ3) is 4.24. The first-order valence-corrected chi connectivity index (χ1v) is 5.09. The first-order valence-electron chi connectivity index (χ1n) is 5.09. The Hall–Kier alpha value is -1.08. The molecule has 76 valence electrons. The second-order valence-electron chi connectivity index (χ2n) is 3.87. The van der Waals surface area contributed by atoms with Crippen molar-refractivity contribution in [3.63, 3.8) is 0 Å². The number of nitrogens with one attached hydrogen (secondary N) is 1. The fourth-order valence-corrected chi connectivity index (χ4v) is 1.36. The van der Waals surface area contributed by atoms with Gasteiger partial charge in [-0.05, 0) is 32.4 Å². The van der Waals surface area contributed by atoms with Gasteiger partial charge in [-0.15, -0.1) is 6.58 Å². The highest BCUT2D eigenvalue weighted by molar-refractivity contribution is 5.21. The van der Waals surface area contributed by atoms with Gasteiger partial charge in [0.1, 0.15) is 0 Å². The molecular formula is C13H19N. The van der Waals surface area contributed by atoms with Crippen LogP contribution in [0.25, 0.3) is 0 Å². The molecule has 0 aliphatic rings. The molecule has 0 saturated carbocycles. The molecule has 0 radical (unpaired) electrons. The van der Waals surface area contributed by atoms with Crippen LogP contribution in [0, 0.1) is 6.92 Å². The lowest BCUT2D eigenvalue weighted by atomic mass is 10.1. The number of benzene rings is 1. The van der Waals surface area contributed by atoms with E-state index < -0.39 is 0 Å². The summed E-state index contributed by atoms with van der Waals surface area (Å²) in [4.78, 5) is 0. The predicted molar refractivity (Wildman–Crippen MR) is 62.3 cm³/mol. The molecule has 1 aromatic rings. The minimum absolute atomic E-state index is 0.953. The average molecular weight is 189 g/mol. The standard InChI is InChI=1S/C13H19N/c1-11(2)7-8-14-10-13-6-4-5-12(3)9-13/h4-6,9,14H,1,7-8,10H2,2-3H3. The normalized spacial score (nSPS) is 10.1. The van der Waals surface area contributed by atoms with Gasteiger partial charge >= 0.3 is 0 Å². The third-order valence-electron chi connectivity index (χ3n) is 2.14. The number of hydrogen-bond acceptors (Lipinski definition) is 1. The molecule has 0 saturated heterocycles. The van der Waals surface area contributed by atoms with Gasteiger partial charge in [0.2, 0.25) is 0 Å². The Labute approximate surface area is 86.8 Å². The van der Waals surface area contributed by atoms with Gasteiger partial charge in [0, 0.05) is 6.54 Å². The Bertz CT molecular complexity index is 302. The average Bonchev–Trinajstić information content (AvgIpc) is 2.12. The van der Waals surface area contributed by atoms with E-state index in [9.17, 15) is 0 Å². The highest BCUT2D eigenvalue weighted by Crippen LogP contribution is 2.03. The van der Waals surface area contributed by atoms with Crippen LogP contribution in [0.1, 0.15) is 24.5 Å². The predicted octanol–water partition coefficient (Wildman–Crippen LogP) is 3.05. The molecule has 0 spiro atoms. The summed E-state index contributed by atoms with van der Waals surface area (Å²) in [6.07, 6.45) is 1.06.